The van der Waals surface area contributed by atoms with Gasteiger partial charge in [-0.2, -0.15) is 0 Å². The van der Waals surface area contributed by atoms with Gasteiger partial charge in [0.25, 0.3) is 0 Å². The molecule has 0 atom stereocenters. The van der Waals surface area contributed by atoms with Crippen molar-refractivity contribution in [2.45, 2.75) is 17.7 Å². The lowest BCUT2D eigenvalue weighted by Crippen LogP contribution is -2.17. The van der Waals surface area contributed by atoms with Crippen LogP contribution >= 0.6 is 27.7 Å². The van der Waals surface area contributed by atoms with Crippen LogP contribution in [-0.2, 0) is 4.79 Å². The van der Waals surface area contributed by atoms with E-state index in [1.807, 2.05) is 24.3 Å². The van der Waals surface area contributed by atoms with Crippen LogP contribution in [0.15, 0.2) is 33.6 Å². The highest BCUT2D eigenvalue weighted by molar-refractivity contribution is 9.10. The predicted octanol–water partition coefficient (Wildman–Crippen LogP) is 2.83. The number of amides is 1. The molecule has 1 rings (SSSR count). The van der Waals surface area contributed by atoms with Crippen LogP contribution in [0.1, 0.15) is 12.8 Å². The second-order valence-electron chi connectivity index (χ2n) is 2.94. The van der Waals surface area contributed by atoms with Crippen LogP contribution in [0.25, 0.3) is 0 Å². The van der Waals surface area contributed by atoms with Gasteiger partial charge >= 0.3 is 0 Å². The Bertz CT molecular complexity index is 316. The standard InChI is InChI=1S/C10H12BrNO2S/c11-8-3-5-9(6-4-8)15-7-1-2-10(13)12-14/h3-6,14H,1-2,7H2,(H,12,13). The first-order valence-electron chi connectivity index (χ1n) is 4.53. The quantitative estimate of drug-likeness (QED) is 0.379. The van der Waals surface area contributed by atoms with E-state index in [2.05, 4.69) is 15.9 Å². The normalized spacial score (nSPS) is 10.0. The van der Waals surface area contributed by atoms with Crippen LogP contribution in [0.4, 0.5) is 0 Å². The fraction of sp³-hybridized carbons (Fsp3) is 0.300. The summed E-state index contributed by atoms with van der Waals surface area (Å²) in [5, 5.41) is 8.27. The third-order valence-corrected chi connectivity index (χ3v) is 3.38. The summed E-state index contributed by atoms with van der Waals surface area (Å²) < 4.78 is 1.06. The number of hydroxylamine groups is 1. The molecule has 3 nitrogen and oxygen atoms in total. The molecule has 1 aromatic rings. The molecule has 0 aliphatic heterocycles. The molecule has 1 amide bonds. The van der Waals surface area contributed by atoms with E-state index >= 15 is 0 Å². The number of thioether (sulfide) groups is 1. The Balaban J connectivity index is 2.20. The topological polar surface area (TPSA) is 49.3 Å². The van der Waals surface area contributed by atoms with Gasteiger partial charge in [0.05, 0.1) is 0 Å². The van der Waals surface area contributed by atoms with E-state index in [9.17, 15) is 4.79 Å². The number of hydrogen-bond donors (Lipinski definition) is 2. The first-order chi connectivity index (χ1) is 7.22. The third-order valence-electron chi connectivity index (χ3n) is 1.76. The molecule has 0 aliphatic carbocycles. The van der Waals surface area contributed by atoms with Gasteiger partial charge in [-0.3, -0.25) is 10.0 Å². The number of carbonyl (C=O) groups excluding carboxylic acids is 1. The van der Waals surface area contributed by atoms with E-state index < -0.39 is 0 Å². The van der Waals surface area contributed by atoms with Crippen molar-refractivity contribution in [1.29, 1.82) is 0 Å². The Morgan fingerprint density at radius 2 is 2.07 bits per heavy atom. The smallest absolute Gasteiger partial charge is 0.243 e. The highest BCUT2D eigenvalue weighted by Gasteiger charge is 1.99. The molecule has 1 aromatic carbocycles. The molecule has 0 heterocycles. The molecular formula is C10H12BrNO2S. The van der Waals surface area contributed by atoms with Gasteiger partial charge in [-0.1, -0.05) is 15.9 Å². The molecule has 0 bridgehead atoms. The van der Waals surface area contributed by atoms with E-state index in [0.29, 0.717) is 6.42 Å². The minimum absolute atomic E-state index is 0.327. The molecular weight excluding hydrogens is 278 g/mol. The van der Waals surface area contributed by atoms with Crippen molar-refractivity contribution in [3.05, 3.63) is 28.7 Å². The van der Waals surface area contributed by atoms with E-state index in [4.69, 9.17) is 5.21 Å². The largest absolute Gasteiger partial charge is 0.289 e. The molecule has 0 aromatic heterocycles. The highest BCUT2D eigenvalue weighted by Crippen LogP contribution is 2.21. The van der Waals surface area contributed by atoms with E-state index in [0.717, 1.165) is 16.6 Å². The van der Waals surface area contributed by atoms with Gasteiger partial charge in [-0.05, 0) is 36.4 Å². The molecule has 0 saturated heterocycles. The van der Waals surface area contributed by atoms with Gasteiger partial charge in [-0.15, -0.1) is 11.8 Å². The molecule has 15 heavy (non-hydrogen) atoms. The summed E-state index contributed by atoms with van der Waals surface area (Å²) in [6.45, 7) is 0. The highest BCUT2D eigenvalue weighted by atomic mass is 79.9. The van der Waals surface area contributed by atoms with Crippen molar-refractivity contribution in [3.8, 4) is 0 Å². The summed E-state index contributed by atoms with van der Waals surface area (Å²) in [7, 11) is 0. The van der Waals surface area contributed by atoms with Crippen molar-refractivity contribution in [2.24, 2.45) is 0 Å². The summed E-state index contributed by atoms with van der Waals surface area (Å²) in [6.07, 6.45) is 1.12. The lowest BCUT2D eigenvalue weighted by molar-refractivity contribution is -0.129. The summed E-state index contributed by atoms with van der Waals surface area (Å²) in [5.41, 5.74) is 1.62. The van der Waals surface area contributed by atoms with Crippen LogP contribution < -0.4 is 5.48 Å². The molecule has 0 saturated carbocycles. The number of benzene rings is 1. The molecule has 0 unspecified atom stereocenters. The van der Waals surface area contributed by atoms with Crippen LogP contribution in [0.2, 0.25) is 0 Å². The van der Waals surface area contributed by atoms with E-state index in [1.54, 1.807) is 17.2 Å². The van der Waals surface area contributed by atoms with Gasteiger partial charge < -0.3 is 0 Å². The monoisotopic (exact) mass is 289 g/mol. The third kappa shape index (κ3) is 5.20. The number of carbonyl (C=O) groups is 1. The average molecular weight is 290 g/mol. The zero-order valence-electron chi connectivity index (χ0n) is 8.07. The average Bonchev–Trinajstić information content (AvgIpc) is 2.26. The Morgan fingerprint density at radius 1 is 1.40 bits per heavy atom. The second kappa shape index (κ2) is 6.87. The van der Waals surface area contributed by atoms with Crippen molar-refractivity contribution in [3.63, 3.8) is 0 Å². The zero-order chi connectivity index (χ0) is 11.1. The Hall–Kier alpha value is -0.520. The fourth-order valence-electron chi connectivity index (χ4n) is 1.01. The van der Waals surface area contributed by atoms with E-state index in [1.165, 1.54) is 4.90 Å². The van der Waals surface area contributed by atoms with Crippen molar-refractivity contribution in [2.75, 3.05) is 5.75 Å². The minimum atomic E-state index is -0.327. The van der Waals surface area contributed by atoms with Crippen LogP contribution in [0.3, 0.4) is 0 Å². The number of halogens is 1. The van der Waals surface area contributed by atoms with Gasteiger partial charge in [0.15, 0.2) is 0 Å². The maximum atomic E-state index is 10.7. The molecule has 0 aliphatic rings. The fourth-order valence-corrected chi connectivity index (χ4v) is 2.13. The predicted molar refractivity (Wildman–Crippen MR) is 64.0 cm³/mol. The maximum Gasteiger partial charge on any atom is 0.243 e. The van der Waals surface area contributed by atoms with Crippen molar-refractivity contribution < 1.29 is 10.0 Å². The van der Waals surface area contributed by atoms with Crippen molar-refractivity contribution in [1.82, 2.24) is 5.48 Å². The lowest BCUT2D eigenvalue weighted by atomic mass is 10.3. The summed E-state index contributed by atoms with van der Waals surface area (Å²) in [4.78, 5) is 11.9. The van der Waals surface area contributed by atoms with Crippen molar-refractivity contribution >= 4 is 33.6 Å². The first-order valence-corrected chi connectivity index (χ1v) is 6.31. The number of hydrogen-bond acceptors (Lipinski definition) is 3. The summed E-state index contributed by atoms with van der Waals surface area (Å²) in [6, 6.07) is 8.03. The molecule has 82 valence electrons. The zero-order valence-corrected chi connectivity index (χ0v) is 10.5. The molecule has 2 N–H and O–H groups in total. The first kappa shape index (κ1) is 12.5. The Kier molecular flexibility index (Phi) is 5.75. The Morgan fingerprint density at radius 3 is 2.67 bits per heavy atom. The van der Waals surface area contributed by atoms with Crippen LogP contribution in [0.5, 0.6) is 0 Å². The molecule has 5 heteroatoms. The summed E-state index contributed by atoms with van der Waals surface area (Å²) >= 11 is 5.06. The van der Waals surface area contributed by atoms with E-state index in [-0.39, 0.29) is 5.91 Å². The van der Waals surface area contributed by atoms with Crippen LogP contribution in [0, 0.1) is 0 Å². The minimum Gasteiger partial charge on any atom is -0.289 e. The second-order valence-corrected chi connectivity index (χ2v) is 5.02. The lowest BCUT2D eigenvalue weighted by Gasteiger charge is -2.01. The molecule has 0 radical (unpaired) electrons. The van der Waals surface area contributed by atoms with Gasteiger partial charge in [0.1, 0.15) is 0 Å². The summed E-state index contributed by atoms with van der Waals surface area (Å²) in [5.74, 6) is 0.543. The van der Waals surface area contributed by atoms with Gasteiger partial charge in [0, 0.05) is 15.8 Å². The van der Waals surface area contributed by atoms with Gasteiger partial charge in [-0.25, -0.2) is 5.48 Å². The number of rotatable bonds is 5. The van der Waals surface area contributed by atoms with Crippen LogP contribution in [-0.4, -0.2) is 16.9 Å². The van der Waals surface area contributed by atoms with Gasteiger partial charge in [0.2, 0.25) is 5.91 Å². The molecule has 0 fully saturated rings. The Labute approximate surface area is 101 Å². The SMILES string of the molecule is O=C(CCCSc1ccc(Br)cc1)NO. The number of nitrogens with one attached hydrogen (secondary N) is 1. The molecule has 0 spiro atoms. The maximum absolute atomic E-state index is 10.7.